The van der Waals surface area contributed by atoms with Gasteiger partial charge in [-0.05, 0) is 50.6 Å². The van der Waals surface area contributed by atoms with Gasteiger partial charge in [-0.25, -0.2) is 4.98 Å². The van der Waals surface area contributed by atoms with Gasteiger partial charge in [-0.15, -0.1) is 0 Å². The molecule has 3 rings (SSSR count). The third kappa shape index (κ3) is 3.48. The van der Waals surface area contributed by atoms with E-state index in [0.29, 0.717) is 21.3 Å². The Labute approximate surface area is 157 Å². The van der Waals surface area contributed by atoms with Crippen LogP contribution in [0.4, 0.5) is 0 Å². The molecule has 0 bridgehead atoms. The summed E-state index contributed by atoms with van der Waals surface area (Å²) in [5.41, 5.74) is 3.62. The van der Waals surface area contributed by atoms with E-state index in [4.69, 9.17) is 28.2 Å². The molecular weight excluding hydrogens is 355 g/mol. The molecule has 0 radical (unpaired) electrons. The molecule has 0 fully saturated rings. The number of para-hydroxylation sites is 1. The smallest absolute Gasteiger partial charge is 0.252 e. The summed E-state index contributed by atoms with van der Waals surface area (Å²) in [5.74, 6) is -0.113. The average Bonchev–Trinajstić information content (AvgIpc) is 2.54. The number of nitrogens with zero attached hydrogens (tertiary/aromatic N) is 1. The third-order valence-corrected chi connectivity index (χ3v) is 4.52. The Morgan fingerprint density at radius 1 is 1.12 bits per heavy atom. The predicted molar refractivity (Wildman–Crippen MR) is 105 cm³/mol. The van der Waals surface area contributed by atoms with Crippen LogP contribution >= 0.6 is 23.2 Å². The molecule has 0 saturated carbocycles. The summed E-state index contributed by atoms with van der Waals surface area (Å²) in [4.78, 5) is 17.6. The monoisotopic (exact) mass is 372 g/mol. The normalized spacial score (nSPS) is 11.1. The highest BCUT2D eigenvalue weighted by atomic mass is 35.5. The van der Waals surface area contributed by atoms with Crippen LogP contribution < -0.4 is 5.32 Å². The van der Waals surface area contributed by atoms with Crippen LogP contribution in [-0.4, -0.2) is 16.9 Å². The van der Waals surface area contributed by atoms with E-state index in [9.17, 15) is 4.79 Å². The number of rotatable bonds is 3. The van der Waals surface area contributed by atoms with Gasteiger partial charge in [0.2, 0.25) is 0 Å². The number of hydrogen-bond acceptors (Lipinski definition) is 2. The quantitative estimate of drug-likeness (QED) is 0.644. The summed E-state index contributed by atoms with van der Waals surface area (Å²) in [7, 11) is 0. The van der Waals surface area contributed by atoms with Crippen molar-refractivity contribution >= 4 is 40.0 Å². The fraction of sp³-hybridized carbons (Fsp3) is 0.200. The van der Waals surface area contributed by atoms with Gasteiger partial charge in [-0.1, -0.05) is 41.4 Å². The van der Waals surface area contributed by atoms with Crippen LogP contribution in [0.15, 0.2) is 42.5 Å². The zero-order valence-corrected chi connectivity index (χ0v) is 15.7. The van der Waals surface area contributed by atoms with Crippen molar-refractivity contribution in [2.45, 2.75) is 26.8 Å². The van der Waals surface area contributed by atoms with E-state index in [2.05, 4.69) is 5.32 Å². The highest BCUT2D eigenvalue weighted by molar-refractivity contribution is 6.36. The van der Waals surface area contributed by atoms with Gasteiger partial charge < -0.3 is 5.32 Å². The average molecular weight is 373 g/mol. The van der Waals surface area contributed by atoms with Crippen LogP contribution in [0.25, 0.3) is 22.2 Å². The van der Waals surface area contributed by atoms with Gasteiger partial charge in [-0.3, -0.25) is 4.79 Å². The Bertz CT molecular complexity index is 967. The first-order valence-corrected chi connectivity index (χ1v) is 8.79. The van der Waals surface area contributed by atoms with E-state index < -0.39 is 0 Å². The predicted octanol–water partition coefficient (Wildman–Crippen LogP) is 5.66. The van der Waals surface area contributed by atoms with Crippen LogP contribution in [0, 0.1) is 6.92 Å². The van der Waals surface area contributed by atoms with Crippen molar-refractivity contribution in [3.63, 3.8) is 0 Å². The second-order valence-electron chi connectivity index (χ2n) is 6.23. The Balaban J connectivity index is 2.31. The molecule has 0 unspecified atom stereocenters. The second-order valence-corrected chi connectivity index (χ2v) is 7.07. The summed E-state index contributed by atoms with van der Waals surface area (Å²) in [6, 6.07) is 13.0. The number of nitrogens with one attached hydrogen (secondary N) is 1. The number of benzene rings is 2. The van der Waals surface area contributed by atoms with Crippen molar-refractivity contribution in [1.29, 1.82) is 0 Å². The number of amides is 1. The number of aromatic nitrogens is 1. The first-order valence-electron chi connectivity index (χ1n) is 8.04. The number of halogens is 2. The molecular formula is C20H18Cl2N2O. The largest absolute Gasteiger partial charge is 0.350 e. The lowest BCUT2D eigenvalue weighted by molar-refractivity contribution is 0.0944. The summed E-state index contributed by atoms with van der Waals surface area (Å²) in [6.07, 6.45) is 0. The molecule has 5 heteroatoms. The standard InChI is InChI=1S/C20H18Cl2N2O/c1-11(2)23-20(25)18-12(3)19(14-9-8-13(21)10-16(14)22)24-17-7-5-4-6-15(17)18/h4-11H,1-3H3,(H,23,25). The minimum atomic E-state index is -0.113. The van der Waals surface area contributed by atoms with Gasteiger partial charge in [-0.2, -0.15) is 0 Å². The van der Waals surface area contributed by atoms with E-state index >= 15 is 0 Å². The Hall–Kier alpha value is -2.10. The molecule has 0 atom stereocenters. The van der Waals surface area contributed by atoms with Crippen molar-refractivity contribution in [3.05, 3.63) is 63.6 Å². The molecule has 0 aliphatic heterocycles. The van der Waals surface area contributed by atoms with Crippen molar-refractivity contribution in [3.8, 4) is 11.3 Å². The van der Waals surface area contributed by atoms with E-state index in [1.807, 2.05) is 51.1 Å². The third-order valence-electron chi connectivity index (χ3n) is 3.97. The molecule has 0 aliphatic rings. The summed E-state index contributed by atoms with van der Waals surface area (Å²) >= 11 is 12.4. The van der Waals surface area contributed by atoms with Gasteiger partial charge in [0.15, 0.2) is 0 Å². The fourth-order valence-electron chi connectivity index (χ4n) is 2.88. The Morgan fingerprint density at radius 3 is 2.52 bits per heavy atom. The molecule has 3 nitrogen and oxygen atoms in total. The molecule has 0 aliphatic carbocycles. The van der Waals surface area contributed by atoms with Crippen molar-refractivity contribution in [2.75, 3.05) is 0 Å². The zero-order chi connectivity index (χ0) is 18.1. The zero-order valence-electron chi connectivity index (χ0n) is 14.2. The lowest BCUT2D eigenvalue weighted by Crippen LogP contribution is -2.31. The first-order chi connectivity index (χ1) is 11.9. The highest BCUT2D eigenvalue weighted by Gasteiger charge is 2.20. The summed E-state index contributed by atoms with van der Waals surface area (Å²) in [5, 5.41) is 4.87. The lowest BCUT2D eigenvalue weighted by atomic mass is 9.97. The van der Waals surface area contributed by atoms with E-state index in [0.717, 1.165) is 22.0 Å². The summed E-state index contributed by atoms with van der Waals surface area (Å²) < 4.78 is 0. The minimum absolute atomic E-state index is 0.0430. The number of carbonyl (C=O) groups excluding carboxylic acids is 1. The highest BCUT2D eigenvalue weighted by Crippen LogP contribution is 2.34. The molecule has 1 heterocycles. The molecule has 0 spiro atoms. The van der Waals surface area contributed by atoms with E-state index in [-0.39, 0.29) is 11.9 Å². The second kappa shape index (κ2) is 7.03. The van der Waals surface area contributed by atoms with Crippen molar-refractivity contribution in [2.24, 2.45) is 0 Å². The van der Waals surface area contributed by atoms with Crippen LogP contribution in [-0.2, 0) is 0 Å². The number of fused-ring (bicyclic) bond motifs is 1. The van der Waals surface area contributed by atoms with E-state index in [1.54, 1.807) is 12.1 Å². The maximum Gasteiger partial charge on any atom is 0.252 e. The van der Waals surface area contributed by atoms with Crippen LogP contribution in [0.5, 0.6) is 0 Å². The topological polar surface area (TPSA) is 42.0 Å². The maximum absolute atomic E-state index is 12.8. The molecule has 1 N–H and O–H groups in total. The first kappa shape index (κ1) is 17.7. The van der Waals surface area contributed by atoms with Crippen LogP contribution in [0.1, 0.15) is 29.8 Å². The molecule has 25 heavy (non-hydrogen) atoms. The summed E-state index contributed by atoms with van der Waals surface area (Å²) in [6.45, 7) is 5.77. The molecule has 1 aromatic heterocycles. The Kier molecular flexibility index (Phi) is 4.98. The number of pyridine rings is 1. The number of carbonyl (C=O) groups is 1. The minimum Gasteiger partial charge on any atom is -0.350 e. The molecule has 0 saturated heterocycles. The molecule has 1 amide bonds. The van der Waals surface area contributed by atoms with E-state index in [1.165, 1.54) is 0 Å². The van der Waals surface area contributed by atoms with Crippen molar-refractivity contribution in [1.82, 2.24) is 10.3 Å². The Morgan fingerprint density at radius 2 is 1.84 bits per heavy atom. The fourth-order valence-corrected chi connectivity index (χ4v) is 3.38. The van der Waals surface area contributed by atoms with Crippen molar-refractivity contribution < 1.29 is 4.79 Å². The lowest BCUT2D eigenvalue weighted by Gasteiger charge is -2.16. The van der Waals surface area contributed by atoms with Gasteiger partial charge in [0.25, 0.3) is 5.91 Å². The maximum atomic E-state index is 12.8. The van der Waals surface area contributed by atoms with Gasteiger partial charge >= 0.3 is 0 Å². The molecule has 128 valence electrons. The number of hydrogen-bond donors (Lipinski definition) is 1. The van der Waals surface area contributed by atoms with Gasteiger partial charge in [0.1, 0.15) is 0 Å². The van der Waals surface area contributed by atoms with Crippen LogP contribution in [0.2, 0.25) is 10.0 Å². The van der Waals surface area contributed by atoms with Crippen LogP contribution in [0.3, 0.4) is 0 Å². The van der Waals surface area contributed by atoms with Gasteiger partial charge in [0.05, 0.1) is 21.8 Å². The SMILES string of the molecule is Cc1c(-c2ccc(Cl)cc2Cl)nc2ccccc2c1C(=O)NC(C)C. The van der Waals surface area contributed by atoms with Gasteiger partial charge in [0, 0.05) is 22.0 Å². The molecule has 3 aromatic rings. The molecule has 2 aromatic carbocycles.